The lowest BCUT2D eigenvalue weighted by Gasteiger charge is -2.12. The van der Waals surface area contributed by atoms with Crippen LogP contribution < -0.4 is 4.74 Å². The minimum atomic E-state index is -0.217. The van der Waals surface area contributed by atoms with Crippen LogP contribution in [0.25, 0.3) is 12.2 Å². The molecule has 0 aliphatic rings. The van der Waals surface area contributed by atoms with E-state index in [0.717, 1.165) is 23.3 Å². The van der Waals surface area contributed by atoms with Crippen LogP contribution in [-0.4, -0.2) is 6.61 Å². The molecule has 0 aromatic heterocycles. The summed E-state index contributed by atoms with van der Waals surface area (Å²) < 4.78 is 18.8. The van der Waals surface area contributed by atoms with Crippen LogP contribution in [-0.2, 0) is 0 Å². The van der Waals surface area contributed by atoms with Gasteiger partial charge in [-0.2, -0.15) is 0 Å². The Morgan fingerprint density at radius 1 is 0.808 bits per heavy atom. The number of halogens is 1. The number of ether oxygens (including phenoxy) is 1. The van der Waals surface area contributed by atoms with Gasteiger partial charge in [0.05, 0.1) is 6.61 Å². The van der Waals surface area contributed by atoms with Crippen molar-refractivity contribution in [2.75, 3.05) is 6.61 Å². The molecular weight excluding hydrogens is 323 g/mol. The topological polar surface area (TPSA) is 9.23 Å². The van der Waals surface area contributed by atoms with Gasteiger partial charge in [-0.25, -0.2) is 4.39 Å². The number of hydrogen-bond donors (Lipinski definition) is 0. The molecule has 1 atom stereocenters. The predicted octanol–water partition coefficient (Wildman–Crippen LogP) is 6.57. The van der Waals surface area contributed by atoms with Crippen LogP contribution in [0.15, 0.2) is 78.9 Å². The lowest BCUT2D eigenvalue weighted by molar-refractivity contribution is 0.301. The Bertz CT molecular complexity index is 820. The Balaban J connectivity index is 1.49. The summed E-state index contributed by atoms with van der Waals surface area (Å²) in [5.74, 6) is 1.14. The van der Waals surface area contributed by atoms with Gasteiger partial charge in [0.15, 0.2) is 0 Å². The third-order valence-corrected chi connectivity index (χ3v) is 4.41. The average molecular weight is 346 g/mol. The minimum absolute atomic E-state index is 0.217. The highest BCUT2D eigenvalue weighted by molar-refractivity contribution is 5.69. The lowest BCUT2D eigenvalue weighted by atomic mass is 9.98. The molecule has 0 spiro atoms. The van der Waals surface area contributed by atoms with Gasteiger partial charge >= 0.3 is 0 Å². The first-order chi connectivity index (χ1) is 12.7. The van der Waals surface area contributed by atoms with Gasteiger partial charge in [0, 0.05) is 0 Å². The number of benzene rings is 3. The third-order valence-electron chi connectivity index (χ3n) is 4.41. The Morgan fingerprint density at radius 3 is 2.00 bits per heavy atom. The van der Waals surface area contributed by atoms with Crippen molar-refractivity contribution in [1.29, 1.82) is 0 Å². The van der Waals surface area contributed by atoms with Gasteiger partial charge in [0.2, 0.25) is 0 Å². The first kappa shape index (κ1) is 17.9. The van der Waals surface area contributed by atoms with Crippen LogP contribution in [0.1, 0.15) is 36.0 Å². The molecule has 0 fully saturated rings. The largest absolute Gasteiger partial charge is 0.494 e. The highest BCUT2D eigenvalue weighted by Gasteiger charge is 2.05. The molecule has 132 valence electrons. The zero-order valence-corrected chi connectivity index (χ0v) is 14.9. The molecule has 0 saturated heterocycles. The van der Waals surface area contributed by atoms with E-state index >= 15 is 0 Å². The summed E-state index contributed by atoms with van der Waals surface area (Å²) >= 11 is 0. The first-order valence-corrected chi connectivity index (χ1v) is 8.92. The minimum Gasteiger partial charge on any atom is -0.494 e. The van der Waals surface area contributed by atoms with E-state index < -0.39 is 0 Å². The smallest absolute Gasteiger partial charge is 0.123 e. The molecule has 0 bridgehead atoms. The van der Waals surface area contributed by atoms with Gasteiger partial charge in [-0.05, 0) is 53.3 Å². The van der Waals surface area contributed by atoms with E-state index in [1.165, 1.54) is 17.7 Å². The van der Waals surface area contributed by atoms with Crippen molar-refractivity contribution in [2.45, 2.75) is 19.3 Å². The summed E-state index contributed by atoms with van der Waals surface area (Å²) in [5.41, 5.74) is 3.40. The molecule has 0 heterocycles. The predicted molar refractivity (Wildman–Crippen MR) is 107 cm³/mol. The highest BCUT2D eigenvalue weighted by Crippen LogP contribution is 2.20. The van der Waals surface area contributed by atoms with Gasteiger partial charge in [-0.15, -0.1) is 0 Å². The molecule has 0 unspecified atom stereocenters. The molecule has 0 amide bonds. The van der Waals surface area contributed by atoms with E-state index in [9.17, 15) is 4.39 Å². The van der Waals surface area contributed by atoms with Gasteiger partial charge in [-0.3, -0.25) is 0 Å². The molecule has 2 heteroatoms. The fraction of sp³-hybridized carbons (Fsp3) is 0.167. The summed E-state index contributed by atoms with van der Waals surface area (Å²) in [6.45, 7) is 2.92. The molecular formula is C24H23FO. The maximum absolute atomic E-state index is 12.9. The second-order valence-electron chi connectivity index (χ2n) is 6.40. The summed E-state index contributed by atoms with van der Waals surface area (Å²) in [6, 6.07) is 25.0. The molecule has 3 rings (SSSR count). The Labute approximate surface area is 154 Å². The van der Waals surface area contributed by atoms with E-state index in [2.05, 4.69) is 31.2 Å². The third kappa shape index (κ3) is 5.32. The second-order valence-corrected chi connectivity index (χ2v) is 6.40. The van der Waals surface area contributed by atoms with Crippen molar-refractivity contribution < 1.29 is 9.13 Å². The van der Waals surface area contributed by atoms with Crippen LogP contribution in [0, 0.1) is 5.82 Å². The van der Waals surface area contributed by atoms with Crippen LogP contribution >= 0.6 is 0 Å². The van der Waals surface area contributed by atoms with Gasteiger partial charge in [-0.1, -0.05) is 73.7 Å². The fourth-order valence-electron chi connectivity index (χ4n) is 2.74. The van der Waals surface area contributed by atoms with E-state index in [1.807, 2.05) is 42.5 Å². The van der Waals surface area contributed by atoms with Crippen LogP contribution in [0.4, 0.5) is 4.39 Å². The standard InChI is InChI=1S/C24H23FO/c1-19(22-5-3-2-4-6-22)17-18-26-24-15-11-21(12-16-24)8-7-20-9-13-23(25)14-10-20/h2-16,19H,17-18H2,1H3/t19-/m0/s1. The molecule has 0 saturated carbocycles. The maximum Gasteiger partial charge on any atom is 0.123 e. The average Bonchev–Trinajstić information content (AvgIpc) is 2.69. The summed E-state index contributed by atoms with van der Waals surface area (Å²) in [4.78, 5) is 0. The Hall–Kier alpha value is -2.87. The van der Waals surface area contributed by atoms with E-state index in [0.29, 0.717) is 12.5 Å². The van der Waals surface area contributed by atoms with Gasteiger partial charge in [0.25, 0.3) is 0 Å². The zero-order chi connectivity index (χ0) is 18.2. The van der Waals surface area contributed by atoms with Crippen molar-refractivity contribution in [3.05, 3.63) is 101 Å². The van der Waals surface area contributed by atoms with Crippen molar-refractivity contribution in [2.24, 2.45) is 0 Å². The number of rotatable bonds is 7. The maximum atomic E-state index is 12.9. The monoisotopic (exact) mass is 346 g/mol. The van der Waals surface area contributed by atoms with E-state index in [-0.39, 0.29) is 5.82 Å². The molecule has 1 nitrogen and oxygen atoms in total. The second kappa shape index (κ2) is 9.00. The van der Waals surface area contributed by atoms with Gasteiger partial charge < -0.3 is 4.74 Å². The molecule has 3 aromatic carbocycles. The van der Waals surface area contributed by atoms with Crippen LogP contribution in [0.5, 0.6) is 5.75 Å². The quantitative estimate of drug-likeness (QED) is 0.440. The molecule has 26 heavy (non-hydrogen) atoms. The van der Waals surface area contributed by atoms with Crippen molar-refractivity contribution in [1.82, 2.24) is 0 Å². The SMILES string of the molecule is C[C@@H](CCOc1ccc(C=Cc2ccc(F)cc2)cc1)c1ccccc1. The van der Waals surface area contributed by atoms with E-state index in [4.69, 9.17) is 4.74 Å². The van der Waals surface area contributed by atoms with Crippen LogP contribution in [0.2, 0.25) is 0 Å². The van der Waals surface area contributed by atoms with Crippen molar-refractivity contribution in [3.63, 3.8) is 0 Å². The molecule has 0 aliphatic heterocycles. The summed E-state index contributed by atoms with van der Waals surface area (Å²) in [6.07, 6.45) is 4.96. The lowest BCUT2D eigenvalue weighted by Crippen LogP contribution is -2.03. The summed E-state index contributed by atoms with van der Waals surface area (Å²) in [5, 5.41) is 0. The summed E-state index contributed by atoms with van der Waals surface area (Å²) in [7, 11) is 0. The van der Waals surface area contributed by atoms with E-state index in [1.54, 1.807) is 12.1 Å². The number of hydrogen-bond acceptors (Lipinski definition) is 1. The molecule has 3 aromatic rings. The highest BCUT2D eigenvalue weighted by atomic mass is 19.1. The molecule has 0 aliphatic carbocycles. The zero-order valence-electron chi connectivity index (χ0n) is 14.9. The first-order valence-electron chi connectivity index (χ1n) is 8.92. The molecule has 0 radical (unpaired) electrons. The molecule has 0 N–H and O–H groups in total. The Kier molecular flexibility index (Phi) is 6.21. The Morgan fingerprint density at radius 2 is 1.38 bits per heavy atom. The fourth-order valence-corrected chi connectivity index (χ4v) is 2.74. The normalized spacial score (nSPS) is 12.2. The van der Waals surface area contributed by atoms with Gasteiger partial charge in [0.1, 0.15) is 11.6 Å². The van der Waals surface area contributed by atoms with Crippen molar-refractivity contribution >= 4 is 12.2 Å². The van der Waals surface area contributed by atoms with Crippen LogP contribution in [0.3, 0.4) is 0 Å². The van der Waals surface area contributed by atoms with Crippen molar-refractivity contribution in [3.8, 4) is 5.75 Å².